The molecule has 0 atom stereocenters. The first-order valence-electron chi connectivity index (χ1n) is 9.49. The molecule has 3 aromatic rings. The van der Waals surface area contributed by atoms with Crippen molar-refractivity contribution in [2.45, 2.75) is 18.6 Å². The van der Waals surface area contributed by atoms with Crippen LogP contribution in [0.25, 0.3) is 0 Å². The zero-order chi connectivity index (χ0) is 25.0. The first-order chi connectivity index (χ1) is 16.0. The second kappa shape index (κ2) is 10.1. The van der Waals surface area contributed by atoms with Crippen LogP contribution >= 0.6 is 0 Å². The predicted octanol–water partition coefficient (Wildman–Crippen LogP) is 3.62. The van der Waals surface area contributed by atoms with E-state index in [2.05, 4.69) is 4.98 Å². The van der Waals surface area contributed by atoms with E-state index < -0.39 is 67.6 Å². The van der Waals surface area contributed by atoms with E-state index in [0.29, 0.717) is 29.8 Å². The summed E-state index contributed by atoms with van der Waals surface area (Å²) in [5, 5.41) is 8.53. The van der Waals surface area contributed by atoms with Crippen LogP contribution in [0, 0.1) is 29.1 Å². The second-order valence-electron chi connectivity index (χ2n) is 7.15. The number of hydrogen-bond acceptors (Lipinski definition) is 5. The number of carbonyl (C=O) groups excluding carboxylic acids is 1. The van der Waals surface area contributed by atoms with Gasteiger partial charge in [-0.05, 0) is 48.7 Å². The zero-order valence-electron chi connectivity index (χ0n) is 17.1. The van der Waals surface area contributed by atoms with Crippen molar-refractivity contribution in [3.8, 4) is 0 Å². The maximum Gasteiger partial charge on any atom is 0.274 e. The Balaban J connectivity index is 1.76. The van der Waals surface area contributed by atoms with Crippen molar-refractivity contribution in [3.05, 3.63) is 94.1 Å². The quantitative estimate of drug-likeness (QED) is 0.248. The normalized spacial score (nSPS) is 11.4. The Hall–Kier alpha value is -3.58. The van der Waals surface area contributed by atoms with Crippen LogP contribution in [-0.2, 0) is 28.6 Å². The number of aryl methyl sites for hydroxylation is 1. The van der Waals surface area contributed by atoms with E-state index in [4.69, 9.17) is 5.21 Å². The van der Waals surface area contributed by atoms with E-state index >= 15 is 0 Å². The molecule has 34 heavy (non-hydrogen) atoms. The molecule has 1 amide bonds. The molecule has 0 aliphatic heterocycles. The number of nitrogens with zero attached hydrogens (tertiary/aromatic N) is 1. The third-order valence-electron chi connectivity index (χ3n) is 4.68. The number of aromatic nitrogens is 1. The van der Waals surface area contributed by atoms with E-state index in [1.54, 1.807) is 0 Å². The Morgan fingerprint density at radius 3 is 2.00 bits per heavy atom. The molecule has 0 aliphatic rings. The molecule has 1 heterocycles. The summed E-state index contributed by atoms with van der Waals surface area (Å²) in [6.45, 7) is 0. The minimum Gasteiger partial charge on any atom is -0.288 e. The molecule has 1 aromatic heterocycles. The highest BCUT2D eigenvalue weighted by Crippen LogP contribution is 2.24. The molecule has 0 aliphatic carbocycles. The van der Waals surface area contributed by atoms with Crippen LogP contribution in [0.15, 0.2) is 42.7 Å². The van der Waals surface area contributed by atoms with E-state index in [1.807, 2.05) is 4.72 Å². The number of rotatable bonds is 8. The Bertz CT molecular complexity index is 1310. The Morgan fingerprint density at radius 2 is 1.44 bits per heavy atom. The molecule has 0 saturated heterocycles. The Kier molecular flexibility index (Phi) is 7.47. The molecule has 3 N–H and O–H groups in total. The Morgan fingerprint density at radius 1 is 0.853 bits per heavy atom. The minimum absolute atomic E-state index is 0.0620. The molecule has 0 fully saturated rings. The molecule has 0 radical (unpaired) electrons. The standard InChI is InChI=1S/C21H16F5N3O4S/c22-13-3-11(8-27-9-13)1-2-15-19(25)6-14(7-20(15)26)29-34(32,33)10-16-17(23)4-12(5-18(16)24)21(30)28-31/h3-9,29,31H,1-2,10H2,(H,28,30). The van der Waals surface area contributed by atoms with Crippen LogP contribution < -0.4 is 10.2 Å². The number of carbonyl (C=O) groups is 1. The first kappa shape index (κ1) is 25.1. The van der Waals surface area contributed by atoms with Gasteiger partial charge in [-0.3, -0.25) is 19.7 Å². The smallest absolute Gasteiger partial charge is 0.274 e. The number of benzene rings is 2. The van der Waals surface area contributed by atoms with E-state index in [-0.39, 0.29) is 18.4 Å². The van der Waals surface area contributed by atoms with Gasteiger partial charge in [0.25, 0.3) is 5.91 Å². The third kappa shape index (κ3) is 6.05. The Labute approximate surface area is 190 Å². The third-order valence-corrected chi connectivity index (χ3v) is 5.89. The fourth-order valence-electron chi connectivity index (χ4n) is 3.10. The van der Waals surface area contributed by atoms with E-state index in [1.165, 1.54) is 11.7 Å². The fraction of sp³-hybridized carbons (Fsp3) is 0.143. The summed E-state index contributed by atoms with van der Waals surface area (Å²) in [6, 6.07) is 3.58. The summed E-state index contributed by atoms with van der Waals surface area (Å²) in [5.41, 5.74) is -0.846. The maximum absolute atomic E-state index is 14.4. The van der Waals surface area contributed by atoms with Gasteiger partial charge in [-0.25, -0.2) is 35.8 Å². The summed E-state index contributed by atoms with van der Waals surface area (Å²) in [5.74, 6) is -8.01. The molecule has 0 unspecified atom stereocenters. The molecule has 180 valence electrons. The number of hydroxylamine groups is 1. The summed E-state index contributed by atoms with van der Waals surface area (Å²) in [4.78, 5) is 14.9. The second-order valence-corrected chi connectivity index (χ2v) is 8.87. The lowest BCUT2D eigenvalue weighted by atomic mass is 10.0. The van der Waals surface area contributed by atoms with Gasteiger partial charge in [0.1, 0.15) is 34.8 Å². The van der Waals surface area contributed by atoms with E-state index in [0.717, 1.165) is 12.3 Å². The van der Waals surface area contributed by atoms with Gasteiger partial charge < -0.3 is 0 Å². The van der Waals surface area contributed by atoms with Gasteiger partial charge in [0, 0.05) is 22.9 Å². The van der Waals surface area contributed by atoms with Crippen LogP contribution in [-0.4, -0.2) is 24.5 Å². The zero-order valence-corrected chi connectivity index (χ0v) is 17.9. The summed E-state index contributed by atoms with van der Waals surface area (Å²) >= 11 is 0. The van der Waals surface area contributed by atoms with Gasteiger partial charge in [0.05, 0.1) is 11.9 Å². The number of amides is 1. The van der Waals surface area contributed by atoms with Gasteiger partial charge in [-0.15, -0.1) is 0 Å². The number of nitrogens with one attached hydrogen (secondary N) is 2. The van der Waals surface area contributed by atoms with Crippen LogP contribution in [0.5, 0.6) is 0 Å². The van der Waals surface area contributed by atoms with Gasteiger partial charge in [-0.1, -0.05) is 0 Å². The average molecular weight is 501 g/mol. The molecule has 0 spiro atoms. The number of hydrogen-bond donors (Lipinski definition) is 3. The molecular formula is C21H16F5N3O4S. The lowest BCUT2D eigenvalue weighted by molar-refractivity contribution is 0.0705. The highest BCUT2D eigenvalue weighted by Gasteiger charge is 2.22. The van der Waals surface area contributed by atoms with Crippen LogP contribution in [0.4, 0.5) is 27.6 Å². The molecule has 2 aromatic carbocycles. The molecule has 0 bridgehead atoms. The van der Waals surface area contributed by atoms with Gasteiger partial charge in [0.2, 0.25) is 10.0 Å². The van der Waals surface area contributed by atoms with Crippen molar-refractivity contribution in [1.29, 1.82) is 0 Å². The maximum atomic E-state index is 14.4. The van der Waals surface area contributed by atoms with Crippen LogP contribution in [0.3, 0.4) is 0 Å². The highest BCUT2D eigenvalue weighted by molar-refractivity contribution is 7.91. The number of anilines is 1. The molecule has 0 saturated carbocycles. The summed E-state index contributed by atoms with van der Waals surface area (Å²) < 4.78 is 96.9. The van der Waals surface area contributed by atoms with Crippen LogP contribution in [0.1, 0.15) is 27.0 Å². The number of sulfonamides is 1. The molecule has 13 heteroatoms. The first-order valence-corrected chi connectivity index (χ1v) is 11.1. The topological polar surface area (TPSA) is 108 Å². The van der Waals surface area contributed by atoms with Gasteiger partial charge >= 0.3 is 0 Å². The summed E-state index contributed by atoms with van der Waals surface area (Å²) in [7, 11) is -4.54. The van der Waals surface area contributed by atoms with Crippen molar-refractivity contribution in [2.24, 2.45) is 0 Å². The van der Waals surface area contributed by atoms with Gasteiger partial charge in [-0.2, -0.15) is 0 Å². The predicted molar refractivity (Wildman–Crippen MR) is 110 cm³/mol. The average Bonchev–Trinajstić information content (AvgIpc) is 2.74. The van der Waals surface area contributed by atoms with E-state index in [9.17, 15) is 35.2 Å². The number of pyridine rings is 1. The van der Waals surface area contributed by atoms with Crippen molar-refractivity contribution in [2.75, 3.05) is 4.72 Å². The summed E-state index contributed by atoms with van der Waals surface area (Å²) in [6.07, 6.45) is 2.21. The fourth-order valence-corrected chi connectivity index (χ4v) is 4.31. The van der Waals surface area contributed by atoms with Crippen molar-refractivity contribution >= 4 is 21.6 Å². The lowest BCUT2D eigenvalue weighted by Gasteiger charge is -2.12. The van der Waals surface area contributed by atoms with Crippen molar-refractivity contribution in [3.63, 3.8) is 0 Å². The molecule has 3 rings (SSSR count). The monoisotopic (exact) mass is 501 g/mol. The van der Waals surface area contributed by atoms with Crippen molar-refractivity contribution in [1.82, 2.24) is 10.5 Å². The largest absolute Gasteiger partial charge is 0.288 e. The minimum atomic E-state index is -4.54. The number of halogens is 5. The van der Waals surface area contributed by atoms with Crippen molar-refractivity contribution < 1.29 is 40.4 Å². The molecule has 7 nitrogen and oxygen atoms in total. The van der Waals surface area contributed by atoms with Gasteiger partial charge in [0.15, 0.2) is 0 Å². The molecular weight excluding hydrogens is 485 g/mol. The van der Waals surface area contributed by atoms with Crippen LogP contribution in [0.2, 0.25) is 0 Å². The lowest BCUT2D eigenvalue weighted by Crippen LogP contribution is -2.21. The highest BCUT2D eigenvalue weighted by atomic mass is 32.2. The SMILES string of the molecule is O=C(NO)c1cc(F)c(CS(=O)(=O)Nc2cc(F)c(CCc3cncc(F)c3)c(F)c2)c(F)c1.